The molecule has 0 spiro atoms. The van der Waals surface area contributed by atoms with Gasteiger partial charge < -0.3 is 4.74 Å². The Labute approximate surface area is 106 Å². The highest BCUT2D eigenvalue weighted by molar-refractivity contribution is 7.13. The smallest absolute Gasteiger partial charge is 0.378 e. The van der Waals surface area contributed by atoms with E-state index in [-0.39, 0.29) is 23.2 Å². The van der Waals surface area contributed by atoms with Crippen LogP contribution in [0.4, 0.5) is 13.2 Å². The van der Waals surface area contributed by atoms with Gasteiger partial charge in [0.05, 0.1) is 11.0 Å². The van der Waals surface area contributed by atoms with E-state index < -0.39 is 11.2 Å². The van der Waals surface area contributed by atoms with E-state index in [1.807, 2.05) is 0 Å². The lowest BCUT2D eigenvalue weighted by atomic mass is 10.0. The van der Waals surface area contributed by atoms with Gasteiger partial charge in [-0.15, -0.1) is 11.3 Å². The van der Waals surface area contributed by atoms with Crippen LogP contribution in [0.1, 0.15) is 40.4 Å². The Morgan fingerprint density at radius 1 is 1.50 bits per heavy atom. The number of hydrogen-bond donors (Lipinski definition) is 0. The maximum Gasteiger partial charge on any atom is 0.443 e. The second-order valence-corrected chi connectivity index (χ2v) is 5.17. The summed E-state index contributed by atoms with van der Waals surface area (Å²) in [5.41, 5.74) is 0. The van der Waals surface area contributed by atoms with Gasteiger partial charge in [-0.25, -0.2) is 4.98 Å². The zero-order valence-electron chi connectivity index (χ0n) is 9.50. The van der Waals surface area contributed by atoms with Gasteiger partial charge in [0.2, 0.25) is 0 Å². The number of rotatable bonds is 3. The lowest BCUT2D eigenvalue weighted by molar-refractivity contribution is -0.137. The van der Waals surface area contributed by atoms with Crippen molar-refractivity contribution in [3.63, 3.8) is 0 Å². The number of hydrogen-bond acceptors (Lipinski definition) is 4. The first-order valence-corrected chi connectivity index (χ1v) is 6.46. The molecule has 0 radical (unpaired) electrons. The third-order valence-electron chi connectivity index (χ3n) is 2.71. The molecule has 0 amide bonds. The molecule has 2 heterocycles. The van der Waals surface area contributed by atoms with E-state index in [4.69, 9.17) is 4.74 Å². The highest BCUT2D eigenvalue weighted by Gasteiger charge is 2.35. The highest BCUT2D eigenvalue weighted by atomic mass is 32.1. The van der Waals surface area contributed by atoms with E-state index in [2.05, 4.69) is 4.98 Å². The first-order chi connectivity index (χ1) is 8.47. The normalized spacial score (nSPS) is 20.9. The van der Waals surface area contributed by atoms with Crippen LogP contribution in [0.25, 0.3) is 0 Å². The largest absolute Gasteiger partial charge is 0.443 e. The summed E-state index contributed by atoms with van der Waals surface area (Å²) in [6, 6.07) is 0. The Balaban J connectivity index is 1.98. The van der Waals surface area contributed by atoms with Crippen molar-refractivity contribution < 1.29 is 22.7 Å². The van der Waals surface area contributed by atoms with Crippen LogP contribution >= 0.6 is 11.3 Å². The van der Waals surface area contributed by atoms with E-state index in [1.165, 1.54) is 0 Å². The maximum atomic E-state index is 12.3. The van der Waals surface area contributed by atoms with Crippen LogP contribution in [-0.4, -0.2) is 23.5 Å². The molecule has 3 nitrogen and oxygen atoms in total. The van der Waals surface area contributed by atoms with Gasteiger partial charge in [0.25, 0.3) is 0 Å². The number of halogens is 3. The summed E-state index contributed by atoms with van der Waals surface area (Å²) >= 11 is 0.395. The lowest BCUT2D eigenvalue weighted by Crippen LogP contribution is -2.22. The molecule has 1 unspecified atom stereocenters. The Bertz CT molecular complexity index is 424. The third-order valence-corrected chi connectivity index (χ3v) is 3.79. The number of thiazole rings is 1. The summed E-state index contributed by atoms with van der Waals surface area (Å²) in [6.45, 7) is 0.619. The fraction of sp³-hybridized carbons (Fsp3) is 0.636. The predicted molar refractivity (Wildman–Crippen MR) is 59.7 cm³/mol. The summed E-state index contributed by atoms with van der Waals surface area (Å²) in [7, 11) is 0. The quantitative estimate of drug-likeness (QED) is 0.797. The molecule has 1 aromatic heterocycles. The van der Waals surface area contributed by atoms with Gasteiger partial charge in [0.15, 0.2) is 10.8 Å². The van der Waals surface area contributed by atoms with Crippen molar-refractivity contribution in [2.75, 3.05) is 6.61 Å². The van der Waals surface area contributed by atoms with Gasteiger partial charge >= 0.3 is 6.18 Å². The number of nitrogens with zero attached hydrogens (tertiary/aromatic N) is 1. The number of carbonyl (C=O) groups is 1. The molecule has 0 N–H and O–H groups in total. The average Bonchev–Trinajstić information content (AvgIpc) is 2.79. The molecule has 1 aliphatic heterocycles. The number of ketones is 1. The van der Waals surface area contributed by atoms with Crippen molar-refractivity contribution >= 4 is 17.1 Å². The van der Waals surface area contributed by atoms with Crippen LogP contribution in [0.2, 0.25) is 0 Å². The van der Waals surface area contributed by atoms with E-state index in [0.29, 0.717) is 17.9 Å². The van der Waals surface area contributed by atoms with E-state index in [0.717, 1.165) is 25.5 Å². The number of Topliss-reactive ketones (excluding diaryl/α,β-unsaturated/α-hetero) is 1. The van der Waals surface area contributed by atoms with Crippen LogP contribution in [0, 0.1) is 0 Å². The molecule has 2 rings (SSSR count). The topological polar surface area (TPSA) is 39.2 Å². The van der Waals surface area contributed by atoms with Gasteiger partial charge in [-0.3, -0.25) is 4.79 Å². The maximum absolute atomic E-state index is 12.3. The monoisotopic (exact) mass is 279 g/mol. The van der Waals surface area contributed by atoms with Crippen LogP contribution in [0.15, 0.2) is 6.20 Å². The van der Waals surface area contributed by atoms with Crippen molar-refractivity contribution in [2.45, 2.75) is 38.0 Å². The minimum Gasteiger partial charge on any atom is -0.378 e. The van der Waals surface area contributed by atoms with E-state index in [9.17, 15) is 18.0 Å². The van der Waals surface area contributed by atoms with Crippen LogP contribution in [-0.2, 0) is 10.9 Å². The number of carbonyl (C=O) groups excluding carboxylic acids is 1. The fourth-order valence-electron chi connectivity index (χ4n) is 1.81. The minimum atomic E-state index is -4.48. The minimum absolute atomic E-state index is 0.0523. The molecule has 18 heavy (non-hydrogen) atoms. The number of alkyl halides is 3. The molecule has 0 bridgehead atoms. The molecule has 7 heteroatoms. The SMILES string of the molecule is O=C(CC1CCCCO1)c1cnc(C(F)(F)F)s1. The lowest BCUT2D eigenvalue weighted by Gasteiger charge is -2.21. The van der Waals surface area contributed by atoms with Crippen molar-refractivity contribution in [3.05, 3.63) is 16.1 Å². The molecule has 1 saturated heterocycles. The van der Waals surface area contributed by atoms with Gasteiger partial charge in [-0.2, -0.15) is 13.2 Å². The van der Waals surface area contributed by atoms with Crippen molar-refractivity contribution in [3.8, 4) is 0 Å². The van der Waals surface area contributed by atoms with Gasteiger partial charge in [0, 0.05) is 19.2 Å². The van der Waals surface area contributed by atoms with Gasteiger partial charge in [-0.05, 0) is 19.3 Å². The zero-order chi connectivity index (χ0) is 13.2. The Kier molecular flexibility index (Phi) is 4.01. The van der Waals surface area contributed by atoms with Crippen LogP contribution in [0.5, 0.6) is 0 Å². The van der Waals surface area contributed by atoms with Crippen LogP contribution < -0.4 is 0 Å². The molecular weight excluding hydrogens is 267 g/mol. The molecule has 1 fully saturated rings. The molecule has 1 aromatic rings. The molecular formula is C11H12F3NO2S. The predicted octanol–water partition coefficient (Wildman–Crippen LogP) is 3.30. The van der Waals surface area contributed by atoms with E-state index in [1.54, 1.807) is 0 Å². The van der Waals surface area contributed by atoms with Gasteiger partial charge in [0.1, 0.15) is 0 Å². The second kappa shape index (κ2) is 5.36. The Morgan fingerprint density at radius 3 is 2.83 bits per heavy atom. The summed E-state index contributed by atoms with van der Waals surface area (Å²) in [6.07, 6.45) is -0.750. The standard InChI is InChI=1S/C11H12F3NO2S/c12-11(13,14)10-15-6-9(18-10)8(16)5-7-3-1-2-4-17-7/h6-7H,1-5H2. The zero-order valence-corrected chi connectivity index (χ0v) is 10.3. The Hall–Kier alpha value is -0.950. The third kappa shape index (κ3) is 3.29. The van der Waals surface area contributed by atoms with Crippen molar-refractivity contribution in [2.24, 2.45) is 0 Å². The molecule has 1 atom stereocenters. The van der Waals surface area contributed by atoms with Crippen LogP contribution in [0.3, 0.4) is 0 Å². The van der Waals surface area contributed by atoms with Gasteiger partial charge in [-0.1, -0.05) is 0 Å². The first kappa shape index (κ1) is 13.5. The highest BCUT2D eigenvalue weighted by Crippen LogP contribution is 2.33. The number of aromatic nitrogens is 1. The molecule has 0 aliphatic carbocycles. The summed E-state index contributed by atoms with van der Waals surface area (Å²) in [4.78, 5) is 15.1. The van der Waals surface area contributed by atoms with E-state index >= 15 is 0 Å². The summed E-state index contributed by atoms with van der Waals surface area (Å²) in [5.74, 6) is -0.324. The molecule has 0 aromatic carbocycles. The van der Waals surface area contributed by atoms with Crippen molar-refractivity contribution in [1.29, 1.82) is 0 Å². The Morgan fingerprint density at radius 2 is 2.28 bits per heavy atom. The average molecular weight is 279 g/mol. The summed E-state index contributed by atoms with van der Waals surface area (Å²) in [5, 5.41) is -0.976. The molecule has 0 saturated carbocycles. The number of ether oxygens (including phenoxy) is 1. The second-order valence-electron chi connectivity index (χ2n) is 4.14. The summed E-state index contributed by atoms with van der Waals surface area (Å²) < 4.78 is 42.4. The fourth-order valence-corrected chi connectivity index (χ4v) is 2.54. The van der Waals surface area contributed by atoms with Crippen molar-refractivity contribution in [1.82, 2.24) is 4.98 Å². The molecule has 1 aliphatic rings. The first-order valence-electron chi connectivity index (χ1n) is 5.64. The molecule has 100 valence electrons.